The molecular formula is C13H18N2O4S. The minimum atomic E-state index is -0.562. The van der Waals surface area contributed by atoms with Crippen LogP contribution in [0.5, 0.6) is 0 Å². The number of esters is 1. The molecule has 0 bridgehead atoms. The molecule has 0 atom stereocenters. The predicted octanol–water partition coefficient (Wildman–Crippen LogP) is 3.07. The Morgan fingerprint density at radius 1 is 1.45 bits per heavy atom. The Hall–Kier alpha value is -1.89. The van der Waals surface area contributed by atoms with Crippen molar-refractivity contribution in [3.63, 3.8) is 0 Å². The summed E-state index contributed by atoms with van der Waals surface area (Å²) in [7, 11) is 0. The fourth-order valence-electron chi connectivity index (χ4n) is 1.15. The molecule has 1 aromatic rings. The number of nitrogens with zero attached hydrogens (tertiary/aromatic N) is 1. The van der Waals surface area contributed by atoms with Gasteiger partial charge in [-0.15, -0.1) is 0 Å². The van der Waals surface area contributed by atoms with Crippen LogP contribution in [-0.2, 0) is 14.3 Å². The van der Waals surface area contributed by atoms with E-state index < -0.39 is 17.7 Å². The van der Waals surface area contributed by atoms with E-state index in [4.69, 9.17) is 9.47 Å². The lowest BCUT2D eigenvalue weighted by Gasteiger charge is -2.18. The van der Waals surface area contributed by atoms with E-state index in [1.165, 1.54) is 17.4 Å². The van der Waals surface area contributed by atoms with Crippen LogP contribution in [0.2, 0.25) is 0 Å². The van der Waals surface area contributed by atoms with Gasteiger partial charge in [-0.1, -0.05) is 11.3 Å². The average molecular weight is 298 g/mol. The maximum atomic E-state index is 11.5. The monoisotopic (exact) mass is 298 g/mol. The number of nitrogens with one attached hydrogen (secondary N) is 1. The number of carbonyl (C=O) groups is 2. The third-order valence-corrected chi connectivity index (χ3v) is 2.68. The lowest BCUT2D eigenvalue weighted by atomic mass is 10.2. The van der Waals surface area contributed by atoms with E-state index in [9.17, 15) is 9.59 Å². The molecule has 0 radical (unpaired) electrons. The van der Waals surface area contributed by atoms with Gasteiger partial charge in [0.15, 0.2) is 5.13 Å². The van der Waals surface area contributed by atoms with Gasteiger partial charge < -0.3 is 9.47 Å². The van der Waals surface area contributed by atoms with Crippen LogP contribution in [-0.4, -0.2) is 29.3 Å². The van der Waals surface area contributed by atoms with Gasteiger partial charge in [-0.3, -0.25) is 5.32 Å². The Labute approximate surface area is 121 Å². The first-order chi connectivity index (χ1) is 9.30. The smallest absolute Gasteiger partial charge is 0.413 e. The molecule has 0 aliphatic rings. The lowest BCUT2D eigenvalue weighted by molar-refractivity contribution is -0.137. The summed E-state index contributed by atoms with van der Waals surface area (Å²) >= 11 is 1.23. The van der Waals surface area contributed by atoms with E-state index in [-0.39, 0.29) is 0 Å². The third-order valence-electron chi connectivity index (χ3n) is 1.80. The van der Waals surface area contributed by atoms with Gasteiger partial charge in [0.2, 0.25) is 0 Å². The maximum absolute atomic E-state index is 11.5. The third kappa shape index (κ3) is 6.33. The molecule has 7 heteroatoms. The number of rotatable bonds is 4. The van der Waals surface area contributed by atoms with Crippen molar-refractivity contribution in [1.82, 2.24) is 4.98 Å². The van der Waals surface area contributed by atoms with Crippen LogP contribution in [0.4, 0.5) is 9.93 Å². The van der Waals surface area contributed by atoms with Crippen LogP contribution in [0, 0.1) is 0 Å². The number of thiazole rings is 1. The fraction of sp³-hybridized carbons (Fsp3) is 0.462. The molecule has 0 spiro atoms. The zero-order valence-corrected chi connectivity index (χ0v) is 12.7. The zero-order valence-electron chi connectivity index (χ0n) is 11.9. The number of carbonyl (C=O) groups excluding carboxylic acids is 2. The van der Waals surface area contributed by atoms with Gasteiger partial charge in [0.1, 0.15) is 5.60 Å². The minimum absolute atomic E-state index is 0.331. The van der Waals surface area contributed by atoms with Gasteiger partial charge in [0, 0.05) is 17.2 Å². The molecule has 0 aliphatic carbocycles. The van der Waals surface area contributed by atoms with E-state index in [1.807, 2.05) is 0 Å². The Bertz CT molecular complexity index is 503. The second-order valence-electron chi connectivity index (χ2n) is 4.78. The number of anilines is 1. The van der Waals surface area contributed by atoms with Crippen LogP contribution < -0.4 is 5.32 Å². The highest BCUT2D eigenvalue weighted by molar-refractivity contribution is 7.16. The summed E-state index contributed by atoms with van der Waals surface area (Å²) in [5.41, 5.74) is -0.562. The molecule has 1 N–H and O–H groups in total. The SMILES string of the molecule is CCOC(=O)C=Cc1cnc(NC(=O)OC(C)(C)C)s1. The van der Waals surface area contributed by atoms with Crippen LogP contribution in [0.1, 0.15) is 32.6 Å². The summed E-state index contributed by atoms with van der Waals surface area (Å²) in [5, 5.41) is 2.93. The number of hydrogen-bond acceptors (Lipinski definition) is 6. The van der Waals surface area contributed by atoms with Gasteiger partial charge in [0.05, 0.1) is 6.61 Å². The van der Waals surface area contributed by atoms with Crippen molar-refractivity contribution in [1.29, 1.82) is 0 Å². The van der Waals surface area contributed by atoms with Crippen LogP contribution >= 0.6 is 11.3 Å². The first-order valence-corrected chi connectivity index (χ1v) is 6.92. The van der Waals surface area contributed by atoms with E-state index in [0.717, 1.165) is 4.88 Å². The molecule has 0 unspecified atom stereocenters. The highest BCUT2D eigenvalue weighted by Gasteiger charge is 2.17. The zero-order chi connectivity index (χ0) is 15.2. The molecule has 0 fully saturated rings. The molecule has 1 amide bonds. The molecule has 0 aromatic carbocycles. The average Bonchev–Trinajstić information content (AvgIpc) is 2.71. The molecule has 20 heavy (non-hydrogen) atoms. The largest absolute Gasteiger partial charge is 0.463 e. The molecule has 0 aliphatic heterocycles. The van der Waals surface area contributed by atoms with Gasteiger partial charge in [-0.05, 0) is 33.8 Å². The van der Waals surface area contributed by atoms with Crippen molar-refractivity contribution in [2.75, 3.05) is 11.9 Å². The minimum Gasteiger partial charge on any atom is -0.463 e. The van der Waals surface area contributed by atoms with Crippen LogP contribution in [0.15, 0.2) is 12.3 Å². The molecule has 1 rings (SSSR count). The molecule has 0 saturated heterocycles. The number of amides is 1. The Kier molecular flexibility index (Phi) is 5.69. The molecule has 1 heterocycles. The van der Waals surface area contributed by atoms with Gasteiger partial charge in [-0.25, -0.2) is 14.6 Å². The summed E-state index contributed by atoms with van der Waals surface area (Å²) in [5.74, 6) is -0.414. The first-order valence-electron chi connectivity index (χ1n) is 6.11. The van der Waals surface area contributed by atoms with Crippen molar-refractivity contribution in [2.45, 2.75) is 33.3 Å². The highest BCUT2D eigenvalue weighted by Crippen LogP contribution is 2.20. The second kappa shape index (κ2) is 7.04. The maximum Gasteiger partial charge on any atom is 0.413 e. The van der Waals surface area contributed by atoms with Crippen molar-refractivity contribution in [3.05, 3.63) is 17.2 Å². The van der Waals surface area contributed by atoms with Crippen LogP contribution in [0.3, 0.4) is 0 Å². The Morgan fingerprint density at radius 3 is 2.75 bits per heavy atom. The standard InChI is InChI=1S/C13H18N2O4S/c1-5-18-10(16)7-6-9-8-14-11(20-9)15-12(17)19-13(2,3)4/h6-8H,5H2,1-4H3,(H,14,15,17). The summed E-state index contributed by atoms with van der Waals surface area (Å²) in [4.78, 5) is 27.4. The first kappa shape index (κ1) is 16.2. The normalized spacial score (nSPS) is 11.4. The van der Waals surface area contributed by atoms with Gasteiger partial charge >= 0.3 is 12.1 Å². The van der Waals surface area contributed by atoms with Crippen molar-refractivity contribution in [3.8, 4) is 0 Å². The molecule has 0 saturated carbocycles. The summed E-state index contributed by atoms with van der Waals surface area (Å²) in [6, 6.07) is 0. The molecule has 110 valence electrons. The highest BCUT2D eigenvalue weighted by atomic mass is 32.1. The summed E-state index contributed by atoms with van der Waals surface area (Å²) in [6.45, 7) is 7.41. The predicted molar refractivity (Wildman–Crippen MR) is 77.6 cm³/mol. The molecule has 6 nitrogen and oxygen atoms in total. The number of hydrogen-bond donors (Lipinski definition) is 1. The number of aromatic nitrogens is 1. The quantitative estimate of drug-likeness (QED) is 0.682. The van der Waals surface area contributed by atoms with E-state index >= 15 is 0 Å². The Morgan fingerprint density at radius 2 is 2.15 bits per heavy atom. The molecular weight excluding hydrogens is 280 g/mol. The lowest BCUT2D eigenvalue weighted by Crippen LogP contribution is -2.27. The summed E-state index contributed by atoms with van der Waals surface area (Å²) < 4.78 is 9.86. The van der Waals surface area contributed by atoms with Crippen molar-refractivity contribution in [2.24, 2.45) is 0 Å². The van der Waals surface area contributed by atoms with Gasteiger partial charge in [0.25, 0.3) is 0 Å². The van der Waals surface area contributed by atoms with E-state index in [1.54, 1.807) is 40.0 Å². The second-order valence-corrected chi connectivity index (χ2v) is 5.84. The Balaban J connectivity index is 2.55. The van der Waals surface area contributed by atoms with E-state index in [0.29, 0.717) is 11.7 Å². The van der Waals surface area contributed by atoms with Gasteiger partial charge in [-0.2, -0.15) is 0 Å². The van der Waals surface area contributed by atoms with Crippen molar-refractivity contribution >= 4 is 34.6 Å². The topological polar surface area (TPSA) is 77.5 Å². The van der Waals surface area contributed by atoms with E-state index in [2.05, 4.69) is 10.3 Å². The molecule has 1 aromatic heterocycles. The summed E-state index contributed by atoms with van der Waals surface area (Å²) in [6.07, 6.45) is 3.88. The number of ether oxygens (including phenoxy) is 2. The fourth-order valence-corrected chi connectivity index (χ4v) is 1.86. The van der Waals surface area contributed by atoms with Crippen LogP contribution in [0.25, 0.3) is 6.08 Å². The van der Waals surface area contributed by atoms with Crippen molar-refractivity contribution < 1.29 is 19.1 Å².